The summed E-state index contributed by atoms with van der Waals surface area (Å²) in [5.41, 5.74) is -2.30. The van der Waals surface area contributed by atoms with Crippen LogP contribution in [-0.4, -0.2) is 47.3 Å². The molecule has 0 N–H and O–H groups in total. The lowest BCUT2D eigenvalue weighted by Gasteiger charge is -2.19. The van der Waals surface area contributed by atoms with Gasteiger partial charge in [0.25, 0.3) is 0 Å². The third-order valence-corrected chi connectivity index (χ3v) is 2.23. The fourth-order valence-electron chi connectivity index (χ4n) is 1.34. The van der Waals surface area contributed by atoms with Crippen molar-refractivity contribution in [2.45, 2.75) is 19.0 Å². The molecule has 0 fully saturated rings. The van der Waals surface area contributed by atoms with Crippen LogP contribution >= 0.6 is 0 Å². The first kappa shape index (κ1) is 14.4. The summed E-state index contributed by atoms with van der Waals surface area (Å²) >= 11 is 0. The zero-order chi connectivity index (χ0) is 12.9. The van der Waals surface area contributed by atoms with Gasteiger partial charge in [-0.1, -0.05) is 0 Å². The first-order valence-electron chi connectivity index (χ1n) is 4.63. The molecule has 1 atom stereocenters. The summed E-state index contributed by atoms with van der Waals surface area (Å²) in [4.78, 5) is 31.7. The van der Waals surface area contributed by atoms with Gasteiger partial charge in [-0.2, -0.15) is 0 Å². The molecule has 0 aliphatic rings. The quantitative estimate of drug-likeness (QED) is 0.265. The average Bonchev–Trinajstić information content (AvgIpc) is 2.15. The van der Waals surface area contributed by atoms with Crippen LogP contribution in [0.5, 0.6) is 0 Å². The van der Waals surface area contributed by atoms with Crippen LogP contribution in [0, 0.1) is 26.1 Å². The van der Waals surface area contributed by atoms with Crippen molar-refractivity contribution in [1.82, 2.24) is 4.90 Å². The van der Waals surface area contributed by atoms with Crippen LogP contribution in [0.2, 0.25) is 0 Å². The molecule has 0 amide bonds. The van der Waals surface area contributed by atoms with Crippen LogP contribution in [0.15, 0.2) is 0 Å². The number of nitro groups is 2. The number of carbonyl (C=O) groups excluding carboxylic acids is 1. The molecule has 0 heterocycles. The van der Waals surface area contributed by atoms with Crippen LogP contribution in [0.1, 0.15) is 13.3 Å². The molecule has 0 radical (unpaired) electrons. The van der Waals surface area contributed by atoms with Crippen LogP contribution < -0.4 is 0 Å². The first-order chi connectivity index (χ1) is 7.24. The third-order valence-electron chi connectivity index (χ3n) is 2.23. The van der Waals surface area contributed by atoms with E-state index >= 15 is 0 Å². The van der Waals surface area contributed by atoms with Crippen molar-refractivity contribution >= 4 is 6.29 Å². The Bertz CT molecular complexity index is 277. The summed E-state index contributed by atoms with van der Waals surface area (Å²) in [5.74, 6) is -0.726. The maximum atomic E-state index is 10.7. The van der Waals surface area contributed by atoms with E-state index in [4.69, 9.17) is 0 Å². The molecule has 16 heavy (non-hydrogen) atoms. The smallest absolute Gasteiger partial charge is 0.309 e. The minimum absolute atomic E-state index is 0.251. The second-order valence-electron chi connectivity index (χ2n) is 4.09. The van der Waals surface area contributed by atoms with Gasteiger partial charge < -0.3 is 9.69 Å². The van der Waals surface area contributed by atoms with Crippen molar-refractivity contribution in [3.05, 3.63) is 20.2 Å². The number of rotatable bonds is 7. The molecule has 0 aromatic rings. The maximum Gasteiger partial charge on any atom is 0.456 e. The minimum atomic E-state index is -2.30. The van der Waals surface area contributed by atoms with Gasteiger partial charge in [0.15, 0.2) is 0 Å². The van der Waals surface area contributed by atoms with Gasteiger partial charge in [0.2, 0.25) is 0 Å². The SMILES string of the molecule is CN(C)CC(C=O)CC(C)([N+](=O)[O-])[N+](=O)[O-]. The van der Waals surface area contributed by atoms with Crippen LogP contribution in [-0.2, 0) is 4.79 Å². The molecule has 8 heteroatoms. The second kappa shape index (κ2) is 5.50. The Morgan fingerprint density at radius 2 is 1.75 bits per heavy atom. The van der Waals surface area contributed by atoms with E-state index < -0.39 is 27.8 Å². The molecule has 0 aromatic heterocycles. The normalized spacial score (nSPS) is 13.5. The monoisotopic (exact) mass is 233 g/mol. The van der Waals surface area contributed by atoms with Gasteiger partial charge >= 0.3 is 5.66 Å². The Morgan fingerprint density at radius 1 is 1.31 bits per heavy atom. The van der Waals surface area contributed by atoms with Crippen molar-refractivity contribution in [3.63, 3.8) is 0 Å². The highest BCUT2D eigenvalue weighted by molar-refractivity contribution is 5.53. The van der Waals surface area contributed by atoms with Crippen molar-refractivity contribution in [1.29, 1.82) is 0 Å². The average molecular weight is 233 g/mol. The number of hydrogen-bond donors (Lipinski definition) is 0. The van der Waals surface area contributed by atoms with E-state index in [1.165, 1.54) is 0 Å². The summed E-state index contributed by atoms with van der Waals surface area (Å²) in [5, 5.41) is 21.3. The highest BCUT2D eigenvalue weighted by Crippen LogP contribution is 2.20. The molecular weight excluding hydrogens is 218 g/mol. The van der Waals surface area contributed by atoms with E-state index in [1.807, 2.05) is 0 Å². The topological polar surface area (TPSA) is 107 Å². The molecule has 0 aliphatic heterocycles. The van der Waals surface area contributed by atoms with E-state index in [9.17, 15) is 25.0 Å². The van der Waals surface area contributed by atoms with Crippen molar-refractivity contribution < 1.29 is 14.6 Å². The lowest BCUT2D eigenvalue weighted by atomic mass is 9.97. The predicted octanol–water partition coefficient (Wildman–Crippen LogP) is 0.0228. The predicted molar refractivity (Wildman–Crippen MR) is 55.1 cm³/mol. The molecule has 92 valence electrons. The molecule has 0 aliphatic carbocycles. The van der Waals surface area contributed by atoms with E-state index in [1.54, 1.807) is 19.0 Å². The standard InChI is InChI=1S/C8H15N3O5/c1-8(10(13)14,11(15)16)4-7(6-12)5-9(2)3/h6-7H,4-5H2,1-3H3. The first-order valence-corrected chi connectivity index (χ1v) is 4.63. The van der Waals surface area contributed by atoms with E-state index in [-0.39, 0.29) is 6.54 Å². The molecule has 1 unspecified atom stereocenters. The lowest BCUT2D eigenvalue weighted by Crippen LogP contribution is -2.46. The Hall–Kier alpha value is -1.57. The summed E-state index contributed by atoms with van der Waals surface area (Å²) in [7, 11) is 3.37. The summed E-state index contributed by atoms with van der Waals surface area (Å²) in [6, 6.07) is 0. The number of carbonyl (C=O) groups is 1. The van der Waals surface area contributed by atoms with Gasteiger partial charge in [-0.15, -0.1) is 0 Å². The second-order valence-corrected chi connectivity index (χ2v) is 4.09. The molecule has 8 nitrogen and oxygen atoms in total. The summed E-state index contributed by atoms with van der Waals surface area (Å²) in [6.07, 6.45) is 0.111. The Balaban J connectivity index is 4.80. The largest absolute Gasteiger partial charge is 0.456 e. The van der Waals surface area contributed by atoms with Crippen molar-refractivity contribution in [2.75, 3.05) is 20.6 Å². The van der Waals surface area contributed by atoms with Gasteiger partial charge in [0.05, 0.1) is 23.2 Å². The molecule has 0 aromatic carbocycles. The zero-order valence-electron chi connectivity index (χ0n) is 9.45. The lowest BCUT2D eigenvalue weighted by molar-refractivity contribution is -0.793. The van der Waals surface area contributed by atoms with E-state index in [0.29, 0.717) is 6.29 Å². The number of hydrogen-bond acceptors (Lipinski definition) is 6. The molecule has 0 rings (SSSR count). The van der Waals surface area contributed by atoms with E-state index in [2.05, 4.69) is 0 Å². The van der Waals surface area contributed by atoms with Gasteiger partial charge in [-0.25, -0.2) is 0 Å². The van der Waals surface area contributed by atoms with Crippen LogP contribution in [0.4, 0.5) is 0 Å². The van der Waals surface area contributed by atoms with E-state index in [0.717, 1.165) is 6.92 Å². The minimum Gasteiger partial charge on any atom is -0.309 e. The Morgan fingerprint density at radius 3 is 2.00 bits per heavy atom. The van der Waals surface area contributed by atoms with Gasteiger partial charge in [-0.3, -0.25) is 20.2 Å². The Kier molecular flexibility index (Phi) is 4.96. The van der Waals surface area contributed by atoms with Crippen molar-refractivity contribution in [2.24, 2.45) is 5.92 Å². The molecule has 0 saturated heterocycles. The third kappa shape index (κ3) is 3.54. The number of nitrogens with zero attached hydrogens (tertiary/aromatic N) is 3. The fraction of sp³-hybridized carbons (Fsp3) is 0.875. The van der Waals surface area contributed by atoms with Gasteiger partial charge in [-0.05, 0) is 14.1 Å². The summed E-state index contributed by atoms with van der Waals surface area (Å²) < 4.78 is 0. The number of aldehydes is 1. The van der Waals surface area contributed by atoms with Crippen LogP contribution in [0.25, 0.3) is 0 Å². The maximum absolute atomic E-state index is 10.7. The molecule has 0 spiro atoms. The highest BCUT2D eigenvalue weighted by Gasteiger charge is 2.51. The molecule has 0 bridgehead atoms. The van der Waals surface area contributed by atoms with Gasteiger partial charge in [0.1, 0.15) is 6.29 Å². The fourth-order valence-corrected chi connectivity index (χ4v) is 1.34. The molecular formula is C8H15N3O5. The highest BCUT2D eigenvalue weighted by atomic mass is 16.7. The van der Waals surface area contributed by atoms with Crippen molar-refractivity contribution in [3.8, 4) is 0 Å². The molecule has 0 saturated carbocycles. The zero-order valence-corrected chi connectivity index (χ0v) is 9.45. The summed E-state index contributed by atoms with van der Waals surface area (Å²) in [6.45, 7) is 1.17. The van der Waals surface area contributed by atoms with Gasteiger partial charge in [0, 0.05) is 12.5 Å². The Labute approximate surface area is 92.5 Å². The van der Waals surface area contributed by atoms with Crippen LogP contribution in [0.3, 0.4) is 0 Å².